The average molecular weight is 382 g/mol. The summed E-state index contributed by atoms with van der Waals surface area (Å²) >= 11 is 0. The van der Waals surface area contributed by atoms with Crippen molar-refractivity contribution in [3.63, 3.8) is 0 Å². The van der Waals surface area contributed by atoms with E-state index in [9.17, 15) is 14.4 Å². The van der Waals surface area contributed by atoms with E-state index in [0.717, 1.165) is 5.56 Å². The van der Waals surface area contributed by atoms with Crippen LogP contribution in [0.25, 0.3) is 0 Å². The normalized spacial score (nSPS) is 15.8. The van der Waals surface area contributed by atoms with Crippen molar-refractivity contribution in [1.82, 2.24) is 5.32 Å². The molecule has 1 aliphatic rings. The molecule has 7 heteroatoms. The quantitative estimate of drug-likeness (QED) is 0.683. The van der Waals surface area contributed by atoms with Crippen molar-refractivity contribution in [3.8, 4) is 5.75 Å². The molecule has 1 aliphatic heterocycles. The van der Waals surface area contributed by atoms with E-state index in [1.54, 1.807) is 31.2 Å². The predicted octanol–water partition coefficient (Wildman–Crippen LogP) is 2.61. The van der Waals surface area contributed by atoms with Gasteiger partial charge < -0.3 is 20.5 Å². The van der Waals surface area contributed by atoms with Crippen LogP contribution in [0.4, 0.5) is 5.69 Å². The Morgan fingerprint density at radius 2 is 1.96 bits per heavy atom. The van der Waals surface area contributed by atoms with Crippen LogP contribution < -0.4 is 15.4 Å². The number of ether oxygens (including phenoxy) is 1. The molecule has 0 saturated carbocycles. The van der Waals surface area contributed by atoms with Gasteiger partial charge in [0.1, 0.15) is 5.75 Å². The van der Waals surface area contributed by atoms with Gasteiger partial charge in [-0.15, -0.1) is 0 Å². The third-order valence-corrected chi connectivity index (χ3v) is 4.50. The van der Waals surface area contributed by atoms with Gasteiger partial charge in [-0.05, 0) is 43.2 Å². The number of nitrogens with one attached hydrogen (secondary N) is 2. The van der Waals surface area contributed by atoms with Crippen molar-refractivity contribution in [1.29, 1.82) is 0 Å². The van der Waals surface area contributed by atoms with Crippen LogP contribution in [0.3, 0.4) is 0 Å². The number of carbonyl (C=O) groups is 3. The third kappa shape index (κ3) is 4.88. The Bertz CT molecular complexity index is 871. The van der Waals surface area contributed by atoms with Crippen molar-refractivity contribution in [3.05, 3.63) is 59.7 Å². The summed E-state index contributed by atoms with van der Waals surface area (Å²) in [5, 5.41) is 14.3. The molecule has 0 bridgehead atoms. The highest BCUT2D eigenvalue weighted by Gasteiger charge is 2.28. The number of amides is 2. The van der Waals surface area contributed by atoms with Gasteiger partial charge >= 0.3 is 5.97 Å². The summed E-state index contributed by atoms with van der Waals surface area (Å²) < 4.78 is 5.68. The summed E-state index contributed by atoms with van der Waals surface area (Å²) in [5.74, 6) is -0.782. The second-order valence-electron chi connectivity index (χ2n) is 6.80. The Morgan fingerprint density at radius 1 is 1.18 bits per heavy atom. The Morgan fingerprint density at radius 3 is 2.71 bits per heavy atom. The number of rotatable bonds is 7. The summed E-state index contributed by atoms with van der Waals surface area (Å²) in [7, 11) is 0. The molecule has 146 valence electrons. The smallest absolute Gasteiger partial charge is 0.303 e. The molecular formula is C21H22N2O5. The first-order valence-electron chi connectivity index (χ1n) is 9.10. The molecule has 7 nitrogen and oxygen atoms in total. The molecule has 0 spiro atoms. The summed E-state index contributed by atoms with van der Waals surface area (Å²) in [6, 6.07) is 13.9. The topological polar surface area (TPSA) is 105 Å². The van der Waals surface area contributed by atoms with Crippen LogP contribution in [0.5, 0.6) is 5.75 Å². The molecule has 2 unspecified atom stereocenters. The van der Waals surface area contributed by atoms with Crippen molar-refractivity contribution >= 4 is 23.5 Å². The molecule has 0 saturated heterocycles. The molecule has 2 aromatic carbocycles. The number of hydrogen-bond donors (Lipinski definition) is 3. The Balaban J connectivity index is 1.58. The number of carbonyl (C=O) groups excluding carboxylic acids is 2. The number of anilines is 1. The molecule has 28 heavy (non-hydrogen) atoms. The molecule has 0 fully saturated rings. The first-order chi connectivity index (χ1) is 13.4. The maximum atomic E-state index is 12.5. The van der Waals surface area contributed by atoms with Crippen LogP contribution in [-0.2, 0) is 16.0 Å². The van der Waals surface area contributed by atoms with E-state index in [1.807, 2.05) is 24.3 Å². The Kier molecular flexibility index (Phi) is 5.93. The first-order valence-corrected chi connectivity index (χ1v) is 9.10. The van der Waals surface area contributed by atoms with E-state index in [0.29, 0.717) is 29.8 Å². The monoisotopic (exact) mass is 382 g/mol. The maximum Gasteiger partial charge on any atom is 0.303 e. The summed E-state index contributed by atoms with van der Waals surface area (Å²) in [5.41, 5.74) is 1.87. The fourth-order valence-electron chi connectivity index (χ4n) is 3.01. The summed E-state index contributed by atoms with van der Waals surface area (Å²) in [4.78, 5) is 35.5. The van der Waals surface area contributed by atoms with Crippen molar-refractivity contribution in [2.75, 3.05) is 5.32 Å². The van der Waals surface area contributed by atoms with E-state index < -0.39 is 12.1 Å². The van der Waals surface area contributed by atoms with Gasteiger partial charge in [0, 0.05) is 30.1 Å². The standard InChI is InChI=1S/C21H22N2O5/c1-13(9-10-19(24)25)22-20(26)15-6-4-7-16(11-15)23-21(27)18-12-14-5-2-3-8-17(14)28-18/h2-8,11,13,18H,9-10,12H2,1H3,(H,22,26)(H,23,27)(H,24,25). The van der Waals surface area contributed by atoms with Gasteiger partial charge in [0.2, 0.25) is 0 Å². The lowest BCUT2D eigenvalue weighted by Gasteiger charge is -2.14. The van der Waals surface area contributed by atoms with Crippen molar-refractivity contribution in [2.45, 2.75) is 38.3 Å². The lowest BCUT2D eigenvalue weighted by atomic mass is 10.1. The van der Waals surface area contributed by atoms with Gasteiger partial charge in [-0.1, -0.05) is 24.3 Å². The zero-order chi connectivity index (χ0) is 20.1. The third-order valence-electron chi connectivity index (χ3n) is 4.50. The number of carboxylic acid groups (broad SMARTS) is 1. The highest BCUT2D eigenvalue weighted by molar-refractivity contribution is 5.98. The van der Waals surface area contributed by atoms with E-state index >= 15 is 0 Å². The molecule has 0 aliphatic carbocycles. The maximum absolute atomic E-state index is 12.5. The highest BCUT2D eigenvalue weighted by atomic mass is 16.5. The number of benzene rings is 2. The van der Waals surface area contributed by atoms with Crippen molar-refractivity contribution < 1.29 is 24.2 Å². The van der Waals surface area contributed by atoms with Crippen LogP contribution in [-0.4, -0.2) is 35.0 Å². The minimum atomic E-state index is -0.901. The first kappa shape index (κ1) is 19.4. The molecular weight excluding hydrogens is 360 g/mol. The molecule has 2 atom stereocenters. The van der Waals surface area contributed by atoms with Crippen LogP contribution >= 0.6 is 0 Å². The lowest BCUT2D eigenvalue weighted by molar-refractivity contribution is -0.137. The van der Waals surface area contributed by atoms with E-state index in [1.165, 1.54) is 0 Å². The molecule has 1 heterocycles. The molecule has 2 amide bonds. The number of hydrogen-bond acceptors (Lipinski definition) is 4. The molecule has 3 N–H and O–H groups in total. The highest BCUT2D eigenvalue weighted by Crippen LogP contribution is 2.28. The molecule has 2 aromatic rings. The fourth-order valence-corrected chi connectivity index (χ4v) is 3.01. The summed E-state index contributed by atoms with van der Waals surface area (Å²) in [6.45, 7) is 1.75. The van der Waals surface area contributed by atoms with Crippen LogP contribution in [0.15, 0.2) is 48.5 Å². The Labute approximate surface area is 162 Å². The second kappa shape index (κ2) is 8.56. The van der Waals surface area contributed by atoms with Gasteiger partial charge in [-0.3, -0.25) is 14.4 Å². The summed E-state index contributed by atoms with van der Waals surface area (Å²) in [6.07, 6.45) is 0.229. The number of aliphatic carboxylic acids is 1. The Hall–Kier alpha value is -3.35. The van der Waals surface area contributed by atoms with E-state index in [4.69, 9.17) is 9.84 Å². The number of para-hydroxylation sites is 1. The zero-order valence-electron chi connectivity index (χ0n) is 15.5. The van der Waals surface area contributed by atoms with Crippen LogP contribution in [0, 0.1) is 0 Å². The minimum absolute atomic E-state index is 0.0126. The fraction of sp³-hybridized carbons (Fsp3) is 0.286. The SMILES string of the molecule is CC(CCC(=O)O)NC(=O)c1cccc(NC(=O)C2Cc3ccccc3O2)c1. The molecule has 0 aromatic heterocycles. The zero-order valence-corrected chi connectivity index (χ0v) is 15.5. The number of carboxylic acids is 1. The van der Waals surface area contributed by atoms with Gasteiger partial charge in [0.05, 0.1) is 0 Å². The van der Waals surface area contributed by atoms with Gasteiger partial charge in [0.15, 0.2) is 6.10 Å². The minimum Gasteiger partial charge on any atom is -0.481 e. The van der Waals surface area contributed by atoms with Gasteiger partial charge in [0.25, 0.3) is 11.8 Å². The van der Waals surface area contributed by atoms with Crippen molar-refractivity contribution in [2.24, 2.45) is 0 Å². The molecule has 3 rings (SSSR count). The second-order valence-corrected chi connectivity index (χ2v) is 6.80. The lowest BCUT2D eigenvalue weighted by Crippen LogP contribution is -2.33. The number of fused-ring (bicyclic) bond motifs is 1. The van der Waals surface area contributed by atoms with Crippen LogP contribution in [0.1, 0.15) is 35.7 Å². The van der Waals surface area contributed by atoms with Crippen LogP contribution in [0.2, 0.25) is 0 Å². The van der Waals surface area contributed by atoms with E-state index in [-0.39, 0.29) is 24.3 Å². The van der Waals surface area contributed by atoms with E-state index in [2.05, 4.69) is 10.6 Å². The van der Waals surface area contributed by atoms with Gasteiger partial charge in [-0.2, -0.15) is 0 Å². The largest absolute Gasteiger partial charge is 0.481 e. The average Bonchev–Trinajstić information content (AvgIpc) is 3.11. The predicted molar refractivity (Wildman–Crippen MR) is 103 cm³/mol. The van der Waals surface area contributed by atoms with Gasteiger partial charge in [-0.25, -0.2) is 0 Å². The molecule has 0 radical (unpaired) electrons.